The Morgan fingerprint density at radius 1 is 0.930 bits per heavy atom. The third-order valence-electron chi connectivity index (χ3n) is 10.3. The van der Waals surface area contributed by atoms with Crippen molar-refractivity contribution < 1.29 is 23.7 Å². The van der Waals surface area contributed by atoms with Gasteiger partial charge in [-0.1, -0.05) is 30.3 Å². The fourth-order valence-corrected chi connectivity index (χ4v) is 8.86. The van der Waals surface area contributed by atoms with E-state index < -0.39 is 6.48 Å². The normalized spacial score (nSPS) is 28.9. The smallest absolute Gasteiger partial charge is 0.315 e. The second-order valence-electron chi connectivity index (χ2n) is 13.0. The highest BCUT2D eigenvalue weighted by Gasteiger charge is 2.52. The first-order chi connectivity index (χ1) is 20.6. The van der Waals surface area contributed by atoms with Crippen molar-refractivity contribution in [3.05, 3.63) is 71.8 Å². The fourth-order valence-electron chi connectivity index (χ4n) is 8.86. The van der Waals surface area contributed by atoms with Crippen LogP contribution in [-0.2, 0) is 19.6 Å². The summed E-state index contributed by atoms with van der Waals surface area (Å²) in [7, 11) is 1.65. The van der Waals surface area contributed by atoms with E-state index in [0.717, 1.165) is 48.9 Å². The predicted octanol–water partition coefficient (Wildman–Crippen LogP) is 7.53. The summed E-state index contributed by atoms with van der Waals surface area (Å²) in [5, 5.41) is 2.46. The molecule has 4 bridgehead atoms. The monoisotopic (exact) mass is 607 g/mol. The molecule has 0 aromatic heterocycles. The molecule has 5 aliphatic rings. The van der Waals surface area contributed by atoms with Crippen molar-refractivity contribution in [2.24, 2.45) is 17.8 Å². The number of nitrogens with zero attached hydrogens (tertiary/aromatic N) is 1. The van der Waals surface area contributed by atoms with Crippen molar-refractivity contribution in [1.29, 1.82) is 0 Å². The minimum atomic E-state index is -0.703. The Kier molecular flexibility index (Phi) is 9.51. The second-order valence-corrected chi connectivity index (χ2v) is 13.0. The minimum Gasteiger partial charge on any atom is -0.492 e. The van der Waals surface area contributed by atoms with Gasteiger partial charge in [0, 0.05) is 25.8 Å². The molecule has 2 atom stereocenters. The molecular formula is C36H46ClNO5. The van der Waals surface area contributed by atoms with Crippen LogP contribution in [0.25, 0.3) is 10.8 Å². The van der Waals surface area contributed by atoms with Crippen molar-refractivity contribution in [3.63, 3.8) is 0 Å². The van der Waals surface area contributed by atoms with Gasteiger partial charge in [0.15, 0.2) is 0 Å². The maximum absolute atomic E-state index is 6.49. The Balaban J connectivity index is 0.00000329. The Bertz CT molecular complexity index is 1330. The zero-order valence-electron chi connectivity index (χ0n) is 25.5. The Morgan fingerprint density at radius 3 is 2.37 bits per heavy atom. The molecule has 5 fully saturated rings. The van der Waals surface area contributed by atoms with Gasteiger partial charge in [-0.3, -0.25) is 4.90 Å². The lowest BCUT2D eigenvalue weighted by Gasteiger charge is -2.57. The van der Waals surface area contributed by atoms with Gasteiger partial charge in [0.1, 0.15) is 18.1 Å². The van der Waals surface area contributed by atoms with Gasteiger partial charge in [-0.25, -0.2) is 0 Å². The van der Waals surface area contributed by atoms with Crippen LogP contribution >= 0.6 is 12.4 Å². The van der Waals surface area contributed by atoms with E-state index in [1.807, 2.05) is 37.3 Å². The molecule has 2 unspecified atom stereocenters. The van der Waals surface area contributed by atoms with Crippen LogP contribution in [0.15, 0.2) is 60.7 Å². The number of hydrogen-bond donors (Lipinski definition) is 0. The van der Waals surface area contributed by atoms with Crippen molar-refractivity contribution in [2.45, 2.75) is 63.4 Å². The number of fused-ring (bicyclic) bond motifs is 1. The van der Waals surface area contributed by atoms with E-state index in [9.17, 15) is 0 Å². The number of methoxy groups -OCH3 is 1. The molecule has 6 nitrogen and oxygen atoms in total. The van der Waals surface area contributed by atoms with Gasteiger partial charge >= 0.3 is 6.48 Å². The van der Waals surface area contributed by atoms with Gasteiger partial charge in [-0.15, -0.1) is 12.4 Å². The molecule has 0 radical (unpaired) electrons. The van der Waals surface area contributed by atoms with Gasteiger partial charge in [0.25, 0.3) is 0 Å². The van der Waals surface area contributed by atoms with E-state index in [1.54, 1.807) is 7.11 Å². The number of para-hydroxylation sites is 1. The highest BCUT2D eigenvalue weighted by Crippen LogP contribution is 2.62. The van der Waals surface area contributed by atoms with E-state index >= 15 is 0 Å². The molecular weight excluding hydrogens is 562 g/mol. The van der Waals surface area contributed by atoms with Gasteiger partial charge in [-0.2, -0.15) is 0 Å². The third-order valence-corrected chi connectivity index (χ3v) is 10.3. The standard InChI is InChI=1S/C36H45NO5.ClH/c1-3-40-35(38-2)42-34-20-28-9-10-29(33-24-39-13-11-37(33)12-14-41-31-7-5-4-6-8-31)18-30(28)19-32(34)36-21-25-15-26(22-36)17-27(16-25)23-36;/h4-10,18-20,25-27,33,35H,3,11-17,21-24H2,1-2H3;1H. The fraction of sp³-hybridized carbons (Fsp3) is 0.556. The van der Waals surface area contributed by atoms with Crippen LogP contribution < -0.4 is 9.47 Å². The second kappa shape index (κ2) is 13.3. The molecule has 0 N–H and O–H groups in total. The SMILES string of the molecule is CCOC(OC)Oc1cc2ccc(C3COCCN3CCOc3ccccc3)cc2cc1C12CC3CC(CC(C3)C1)C2.Cl. The molecule has 7 heteroatoms. The Labute approximate surface area is 262 Å². The van der Waals surface area contributed by atoms with E-state index in [0.29, 0.717) is 19.8 Å². The van der Waals surface area contributed by atoms with Crippen LogP contribution in [0.5, 0.6) is 11.5 Å². The molecule has 8 rings (SSSR count). The summed E-state index contributed by atoms with van der Waals surface area (Å²) in [6.07, 6.45) is 8.07. The summed E-state index contributed by atoms with van der Waals surface area (Å²) in [5.74, 6) is 4.40. The first kappa shape index (κ1) is 30.7. The van der Waals surface area contributed by atoms with Crippen molar-refractivity contribution in [2.75, 3.05) is 46.6 Å². The lowest BCUT2D eigenvalue weighted by molar-refractivity contribution is -0.231. The summed E-state index contributed by atoms with van der Waals surface area (Å²) in [6, 6.07) is 21.9. The van der Waals surface area contributed by atoms with E-state index in [2.05, 4.69) is 35.2 Å². The minimum absolute atomic E-state index is 0. The summed E-state index contributed by atoms with van der Waals surface area (Å²) < 4.78 is 29.9. The van der Waals surface area contributed by atoms with E-state index in [1.165, 1.54) is 60.4 Å². The first-order valence-electron chi connectivity index (χ1n) is 16.0. The molecule has 232 valence electrons. The lowest BCUT2D eigenvalue weighted by atomic mass is 9.48. The third kappa shape index (κ3) is 6.41. The Morgan fingerprint density at radius 2 is 1.67 bits per heavy atom. The first-order valence-corrected chi connectivity index (χ1v) is 16.0. The molecule has 1 aliphatic heterocycles. The quantitative estimate of drug-likeness (QED) is 0.210. The largest absolute Gasteiger partial charge is 0.492 e. The Hall–Kier alpha value is -2.35. The number of rotatable bonds is 11. The van der Waals surface area contributed by atoms with Crippen LogP contribution in [0, 0.1) is 17.8 Å². The molecule has 3 aromatic rings. The number of hydrogen-bond acceptors (Lipinski definition) is 6. The summed E-state index contributed by atoms with van der Waals surface area (Å²) in [4.78, 5) is 2.51. The maximum atomic E-state index is 6.49. The van der Waals surface area contributed by atoms with E-state index in [4.69, 9.17) is 23.7 Å². The van der Waals surface area contributed by atoms with E-state index in [-0.39, 0.29) is 23.9 Å². The number of ether oxygens (including phenoxy) is 5. The highest BCUT2D eigenvalue weighted by molar-refractivity contribution is 5.86. The molecule has 43 heavy (non-hydrogen) atoms. The number of benzene rings is 3. The average Bonchev–Trinajstić information content (AvgIpc) is 3.00. The molecule has 4 saturated carbocycles. The number of halogens is 1. The van der Waals surface area contributed by atoms with Crippen LogP contribution in [-0.4, -0.2) is 58.0 Å². The van der Waals surface area contributed by atoms with Gasteiger partial charge in [0.2, 0.25) is 0 Å². The van der Waals surface area contributed by atoms with Crippen LogP contribution in [0.4, 0.5) is 0 Å². The van der Waals surface area contributed by atoms with Crippen molar-refractivity contribution >= 4 is 23.2 Å². The molecule has 1 saturated heterocycles. The summed E-state index contributed by atoms with van der Waals surface area (Å²) >= 11 is 0. The lowest BCUT2D eigenvalue weighted by Crippen LogP contribution is -2.48. The van der Waals surface area contributed by atoms with Crippen LogP contribution in [0.3, 0.4) is 0 Å². The molecule has 0 spiro atoms. The zero-order valence-corrected chi connectivity index (χ0v) is 26.4. The van der Waals surface area contributed by atoms with Crippen LogP contribution in [0.1, 0.15) is 62.6 Å². The summed E-state index contributed by atoms with van der Waals surface area (Å²) in [6.45, 7) is 5.69. The molecule has 4 aliphatic carbocycles. The molecule has 1 heterocycles. The molecule has 0 amide bonds. The van der Waals surface area contributed by atoms with Crippen molar-refractivity contribution in [3.8, 4) is 11.5 Å². The number of morpholine rings is 1. The highest BCUT2D eigenvalue weighted by atomic mass is 35.5. The average molecular weight is 608 g/mol. The van der Waals surface area contributed by atoms with Gasteiger partial charge < -0.3 is 23.7 Å². The zero-order chi connectivity index (χ0) is 28.5. The topological polar surface area (TPSA) is 49.4 Å². The summed E-state index contributed by atoms with van der Waals surface area (Å²) in [5.41, 5.74) is 2.85. The molecule has 3 aromatic carbocycles. The van der Waals surface area contributed by atoms with Crippen molar-refractivity contribution in [1.82, 2.24) is 4.90 Å². The predicted molar refractivity (Wildman–Crippen MR) is 171 cm³/mol. The van der Waals surface area contributed by atoms with Gasteiger partial charge in [-0.05, 0) is 115 Å². The van der Waals surface area contributed by atoms with Gasteiger partial charge in [0.05, 0.1) is 25.9 Å². The van der Waals surface area contributed by atoms with Crippen LogP contribution in [0.2, 0.25) is 0 Å². The maximum Gasteiger partial charge on any atom is 0.315 e.